The maximum Gasteiger partial charge on any atom is 0.153 e. The molecular weight excluding hydrogens is 348 g/mol. The van der Waals surface area contributed by atoms with E-state index in [1.807, 2.05) is 15.4 Å². The molecule has 3 nitrogen and oxygen atoms in total. The van der Waals surface area contributed by atoms with Crippen LogP contribution in [0.3, 0.4) is 0 Å². The molecule has 0 saturated carbocycles. The lowest BCUT2D eigenvalue weighted by Crippen LogP contribution is -2.00. The summed E-state index contributed by atoms with van der Waals surface area (Å²) < 4.78 is 2.78. The van der Waals surface area contributed by atoms with Crippen molar-refractivity contribution in [3.05, 3.63) is 62.4 Å². The van der Waals surface area contributed by atoms with Crippen LogP contribution in [0.1, 0.15) is 21.5 Å². The molecule has 0 unspecified atom stereocenters. The maximum absolute atomic E-state index is 11.3. The highest BCUT2D eigenvalue weighted by Gasteiger charge is 2.14. The highest BCUT2D eigenvalue weighted by atomic mass is 79.9. The third-order valence-electron chi connectivity index (χ3n) is 3.25. The number of carbonyl (C=O) groups is 1. The van der Waals surface area contributed by atoms with Gasteiger partial charge in [-0.05, 0) is 28.4 Å². The van der Waals surface area contributed by atoms with E-state index >= 15 is 0 Å². The number of aromatic nitrogens is 2. The van der Waals surface area contributed by atoms with Crippen molar-refractivity contribution in [2.45, 2.75) is 13.5 Å². The van der Waals surface area contributed by atoms with Gasteiger partial charge in [-0.15, -0.1) is 0 Å². The normalized spacial score (nSPS) is 10.8. The molecule has 0 N–H and O–H groups in total. The Morgan fingerprint density at radius 3 is 2.67 bits per heavy atom. The summed E-state index contributed by atoms with van der Waals surface area (Å²) in [6, 6.07) is 8.32. The number of rotatable bonds is 4. The van der Waals surface area contributed by atoms with Crippen LogP contribution in [0.15, 0.2) is 45.7 Å². The van der Waals surface area contributed by atoms with Gasteiger partial charge in [-0.1, -0.05) is 29.8 Å². The first-order chi connectivity index (χ1) is 10.2. The third-order valence-corrected chi connectivity index (χ3v) is 4.95. The number of halogens is 1. The summed E-state index contributed by atoms with van der Waals surface area (Å²) in [6.07, 6.45) is 2.66. The van der Waals surface area contributed by atoms with Crippen molar-refractivity contribution in [1.82, 2.24) is 9.78 Å². The average Bonchev–Trinajstić information content (AvgIpc) is 3.07. The fourth-order valence-electron chi connectivity index (χ4n) is 2.14. The quantitative estimate of drug-likeness (QED) is 0.640. The molecule has 0 aliphatic heterocycles. The zero-order chi connectivity index (χ0) is 14.8. The van der Waals surface area contributed by atoms with Crippen LogP contribution >= 0.6 is 27.3 Å². The van der Waals surface area contributed by atoms with Crippen LogP contribution in [-0.4, -0.2) is 16.1 Å². The molecule has 3 aromatic rings. The second-order valence-electron chi connectivity index (χ2n) is 4.87. The number of carbonyl (C=O) groups excluding carboxylic acids is 1. The minimum Gasteiger partial charge on any atom is -0.298 e. The molecular formula is C16H13BrN2OS. The van der Waals surface area contributed by atoms with E-state index < -0.39 is 0 Å². The van der Waals surface area contributed by atoms with E-state index in [1.54, 1.807) is 17.5 Å². The minimum absolute atomic E-state index is 0.612. The number of hydrogen-bond acceptors (Lipinski definition) is 3. The van der Waals surface area contributed by atoms with Crippen molar-refractivity contribution in [3.8, 4) is 11.3 Å². The Balaban J connectivity index is 1.94. The Morgan fingerprint density at radius 2 is 2.05 bits per heavy atom. The smallest absolute Gasteiger partial charge is 0.153 e. The van der Waals surface area contributed by atoms with Gasteiger partial charge in [0.25, 0.3) is 0 Å². The summed E-state index contributed by atoms with van der Waals surface area (Å²) in [7, 11) is 0. The van der Waals surface area contributed by atoms with Crippen LogP contribution in [-0.2, 0) is 6.54 Å². The van der Waals surface area contributed by atoms with Gasteiger partial charge in [0, 0.05) is 27.0 Å². The Labute approximate surface area is 135 Å². The number of benzene rings is 1. The lowest BCUT2D eigenvalue weighted by molar-refractivity contribution is 0.112. The first-order valence-electron chi connectivity index (χ1n) is 6.47. The van der Waals surface area contributed by atoms with Gasteiger partial charge in [-0.2, -0.15) is 16.4 Å². The van der Waals surface area contributed by atoms with Crippen molar-refractivity contribution in [1.29, 1.82) is 0 Å². The fourth-order valence-corrected chi connectivity index (χ4v) is 3.61. The van der Waals surface area contributed by atoms with Gasteiger partial charge in [-0.3, -0.25) is 9.48 Å². The Hall–Kier alpha value is -1.72. The van der Waals surface area contributed by atoms with Gasteiger partial charge in [0.1, 0.15) is 5.69 Å². The van der Waals surface area contributed by atoms with Crippen LogP contribution in [0.2, 0.25) is 0 Å². The topological polar surface area (TPSA) is 34.9 Å². The predicted molar refractivity (Wildman–Crippen MR) is 88.9 cm³/mol. The van der Waals surface area contributed by atoms with Crippen molar-refractivity contribution in [2.24, 2.45) is 0 Å². The lowest BCUT2D eigenvalue weighted by atomic mass is 10.1. The van der Waals surface area contributed by atoms with Crippen molar-refractivity contribution >= 4 is 33.6 Å². The van der Waals surface area contributed by atoms with E-state index in [-0.39, 0.29) is 0 Å². The van der Waals surface area contributed by atoms with Crippen LogP contribution in [0, 0.1) is 6.92 Å². The molecule has 2 aromatic heterocycles. The summed E-state index contributed by atoms with van der Waals surface area (Å²) in [5.41, 5.74) is 4.70. The van der Waals surface area contributed by atoms with Crippen molar-refractivity contribution in [3.63, 3.8) is 0 Å². The molecule has 0 fully saturated rings. The van der Waals surface area contributed by atoms with Crippen molar-refractivity contribution in [2.75, 3.05) is 0 Å². The molecule has 0 aliphatic carbocycles. The van der Waals surface area contributed by atoms with Crippen LogP contribution < -0.4 is 0 Å². The monoisotopic (exact) mass is 360 g/mol. The average molecular weight is 361 g/mol. The molecule has 0 bridgehead atoms. The zero-order valence-electron chi connectivity index (χ0n) is 11.4. The number of thiophene rings is 1. The summed E-state index contributed by atoms with van der Waals surface area (Å²) in [6.45, 7) is 2.72. The highest BCUT2D eigenvalue weighted by Crippen LogP contribution is 2.32. The molecule has 5 heteroatoms. The predicted octanol–water partition coefficient (Wildman–Crippen LogP) is 4.54. The van der Waals surface area contributed by atoms with Gasteiger partial charge in [0.2, 0.25) is 0 Å². The van der Waals surface area contributed by atoms with Gasteiger partial charge in [-0.25, -0.2) is 0 Å². The molecule has 0 radical (unpaired) electrons. The molecule has 0 aliphatic rings. The van der Waals surface area contributed by atoms with E-state index in [0.717, 1.165) is 27.6 Å². The number of hydrogen-bond donors (Lipinski definition) is 0. The first-order valence-corrected chi connectivity index (χ1v) is 8.21. The first kappa shape index (κ1) is 14.2. The summed E-state index contributed by atoms with van der Waals surface area (Å²) in [4.78, 5) is 11.3. The van der Waals surface area contributed by atoms with Crippen LogP contribution in [0.5, 0.6) is 0 Å². The lowest BCUT2D eigenvalue weighted by Gasteiger charge is -2.02. The van der Waals surface area contributed by atoms with Crippen LogP contribution in [0.25, 0.3) is 11.3 Å². The maximum atomic E-state index is 11.3. The second kappa shape index (κ2) is 5.95. The Bertz CT molecular complexity index is 774. The number of aldehydes is 1. The van der Waals surface area contributed by atoms with E-state index in [9.17, 15) is 4.79 Å². The summed E-state index contributed by atoms with van der Waals surface area (Å²) in [5.74, 6) is 0. The molecule has 21 heavy (non-hydrogen) atoms. The van der Waals surface area contributed by atoms with E-state index in [2.05, 4.69) is 52.2 Å². The minimum atomic E-state index is 0.612. The molecule has 2 heterocycles. The molecule has 0 saturated heterocycles. The number of nitrogens with zero attached hydrogens (tertiary/aromatic N) is 2. The van der Waals surface area contributed by atoms with Gasteiger partial charge >= 0.3 is 0 Å². The largest absolute Gasteiger partial charge is 0.298 e. The molecule has 0 spiro atoms. The SMILES string of the molecule is Cc1ccc(Cn2cc(C=O)c(-c3cscc3Br)n2)cc1. The summed E-state index contributed by atoms with van der Waals surface area (Å²) >= 11 is 5.08. The van der Waals surface area contributed by atoms with E-state index in [1.165, 1.54) is 5.56 Å². The summed E-state index contributed by atoms with van der Waals surface area (Å²) in [5, 5.41) is 8.55. The van der Waals surface area contributed by atoms with E-state index in [0.29, 0.717) is 12.1 Å². The molecule has 0 amide bonds. The van der Waals surface area contributed by atoms with Crippen molar-refractivity contribution < 1.29 is 4.79 Å². The van der Waals surface area contributed by atoms with Gasteiger partial charge < -0.3 is 0 Å². The third kappa shape index (κ3) is 2.99. The standard InChI is InChI=1S/C16H13BrN2OS/c1-11-2-4-12(5-3-11)6-19-7-13(8-20)16(18-19)14-9-21-10-15(14)17/h2-5,7-10H,6H2,1H3. The van der Waals surface area contributed by atoms with Crippen LogP contribution in [0.4, 0.5) is 0 Å². The van der Waals surface area contributed by atoms with Gasteiger partial charge in [0.05, 0.1) is 12.1 Å². The number of aryl methyl sites for hydroxylation is 1. The second-order valence-corrected chi connectivity index (χ2v) is 6.47. The molecule has 106 valence electrons. The zero-order valence-corrected chi connectivity index (χ0v) is 13.8. The molecule has 3 rings (SSSR count). The Morgan fingerprint density at radius 1 is 1.29 bits per heavy atom. The Kier molecular flexibility index (Phi) is 4.03. The fraction of sp³-hybridized carbons (Fsp3) is 0.125. The van der Waals surface area contributed by atoms with Gasteiger partial charge in [0.15, 0.2) is 6.29 Å². The molecule has 0 atom stereocenters. The highest BCUT2D eigenvalue weighted by molar-refractivity contribution is 9.10. The van der Waals surface area contributed by atoms with E-state index in [4.69, 9.17) is 0 Å². The molecule has 1 aromatic carbocycles.